The van der Waals surface area contributed by atoms with Crippen LogP contribution < -0.4 is 0 Å². The lowest BCUT2D eigenvalue weighted by Gasteiger charge is -2.06. The quantitative estimate of drug-likeness (QED) is 0.314. The summed E-state index contributed by atoms with van der Waals surface area (Å²) in [5.74, 6) is 1.68. The fourth-order valence-electron chi connectivity index (χ4n) is 2.27. The largest absolute Gasteiger partial charge is 0.0654 e. The number of unbranched alkanes of at least 4 members (excludes halogenated alkanes) is 10. The first-order chi connectivity index (χ1) is 8.31. The maximum absolute atomic E-state index is 2.30. The summed E-state index contributed by atoms with van der Waals surface area (Å²) in [6.45, 7) is 6.86. The van der Waals surface area contributed by atoms with Crippen molar-refractivity contribution in [2.75, 3.05) is 0 Å². The lowest BCUT2D eigenvalue weighted by Crippen LogP contribution is -1.89. The van der Waals surface area contributed by atoms with Crippen LogP contribution in [0.4, 0.5) is 0 Å². The Balaban J connectivity index is 2.94. The third kappa shape index (κ3) is 13.9. The molecule has 0 N–H and O–H groups in total. The molecule has 0 atom stereocenters. The van der Waals surface area contributed by atoms with E-state index in [0.717, 1.165) is 0 Å². The number of hydrogen-bond acceptors (Lipinski definition) is 0. The molecule has 0 aromatic carbocycles. The highest BCUT2D eigenvalue weighted by Crippen LogP contribution is 2.16. The SMILES string of the molecule is CCCCCCCCCCCCC[C](C)CC. The summed E-state index contributed by atoms with van der Waals surface area (Å²) in [7, 11) is 0. The van der Waals surface area contributed by atoms with E-state index >= 15 is 0 Å². The second kappa shape index (κ2) is 14.1. The van der Waals surface area contributed by atoms with Crippen molar-refractivity contribution in [2.45, 2.75) is 104 Å². The molecule has 0 rings (SSSR count). The summed E-state index contributed by atoms with van der Waals surface area (Å²) in [5.41, 5.74) is 0. The van der Waals surface area contributed by atoms with Crippen LogP contribution in [0.15, 0.2) is 0 Å². The lowest BCUT2D eigenvalue weighted by atomic mass is 9.99. The zero-order valence-electron chi connectivity index (χ0n) is 12.7. The zero-order chi connectivity index (χ0) is 12.8. The Morgan fingerprint density at radius 1 is 0.588 bits per heavy atom. The van der Waals surface area contributed by atoms with Gasteiger partial charge in [-0.25, -0.2) is 0 Å². The van der Waals surface area contributed by atoms with E-state index in [-0.39, 0.29) is 0 Å². The molecular weight excluding hydrogens is 204 g/mol. The molecule has 0 fully saturated rings. The van der Waals surface area contributed by atoms with Crippen LogP contribution in [0.2, 0.25) is 0 Å². The predicted octanol–water partition coefficient (Wildman–Crippen LogP) is 6.69. The van der Waals surface area contributed by atoms with Gasteiger partial charge in [-0.05, 0) is 12.3 Å². The summed E-state index contributed by atoms with van der Waals surface area (Å²) < 4.78 is 0. The highest BCUT2D eigenvalue weighted by atomic mass is 14.0. The third-order valence-electron chi connectivity index (χ3n) is 3.81. The van der Waals surface area contributed by atoms with Gasteiger partial charge < -0.3 is 0 Å². The minimum Gasteiger partial charge on any atom is -0.0654 e. The molecule has 103 valence electrons. The van der Waals surface area contributed by atoms with E-state index in [1.54, 1.807) is 5.92 Å². The van der Waals surface area contributed by atoms with Crippen molar-refractivity contribution in [1.29, 1.82) is 0 Å². The summed E-state index contributed by atoms with van der Waals surface area (Å²) in [6, 6.07) is 0. The van der Waals surface area contributed by atoms with E-state index in [1.807, 2.05) is 0 Å². The van der Waals surface area contributed by atoms with Gasteiger partial charge in [0.25, 0.3) is 0 Å². The Morgan fingerprint density at radius 3 is 1.41 bits per heavy atom. The van der Waals surface area contributed by atoms with E-state index in [0.29, 0.717) is 0 Å². The van der Waals surface area contributed by atoms with Crippen molar-refractivity contribution < 1.29 is 0 Å². The molecule has 0 aliphatic carbocycles. The molecule has 0 heteroatoms. The average Bonchev–Trinajstić information content (AvgIpc) is 2.35. The third-order valence-corrected chi connectivity index (χ3v) is 3.81. The van der Waals surface area contributed by atoms with E-state index < -0.39 is 0 Å². The first-order valence-corrected chi connectivity index (χ1v) is 8.12. The van der Waals surface area contributed by atoms with Crippen LogP contribution in [0.1, 0.15) is 104 Å². The summed E-state index contributed by atoms with van der Waals surface area (Å²) >= 11 is 0. The van der Waals surface area contributed by atoms with E-state index in [4.69, 9.17) is 0 Å². The van der Waals surface area contributed by atoms with Gasteiger partial charge >= 0.3 is 0 Å². The van der Waals surface area contributed by atoms with E-state index in [9.17, 15) is 0 Å². The molecule has 0 aromatic rings. The molecule has 0 bridgehead atoms. The maximum atomic E-state index is 2.30. The summed E-state index contributed by atoms with van der Waals surface area (Å²) in [6.07, 6.45) is 18.6. The second-order valence-electron chi connectivity index (χ2n) is 5.60. The molecular formula is C17H35. The molecule has 1 radical (unpaired) electrons. The van der Waals surface area contributed by atoms with Gasteiger partial charge in [0.1, 0.15) is 0 Å². The van der Waals surface area contributed by atoms with Gasteiger partial charge in [-0.2, -0.15) is 0 Å². The Labute approximate surface area is 111 Å². The zero-order valence-corrected chi connectivity index (χ0v) is 12.7. The van der Waals surface area contributed by atoms with E-state index in [2.05, 4.69) is 20.8 Å². The fourth-order valence-corrected chi connectivity index (χ4v) is 2.27. The molecule has 0 heterocycles. The molecule has 0 saturated carbocycles. The summed E-state index contributed by atoms with van der Waals surface area (Å²) in [5, 5.41) is 0. The molecule has 0 spiro atoms. The van der Waals surface area contributed by atoms with Gasteiger partial charge in [0.05, 0.1) is 0 Å². The van der Waals surface area contributed by atoms with Crippen LogP contribution in [-0.4, -0.2) is 0 Å². The summed E-state index contributed by atoms with van der Waals surface area (Å²) in [4.78, 5) is 0. The number of hydrogen-bond donors (Lipinski definition) is 0. The highest BCUT2D eigenvalue weighted by Gasteiger charge is 1.98. The van der Waals surface area contributed by atoms with E-state index in [1.165, 1.54) is 83.5 Å². The van der Waals surface area contributed by atoms with Crippen molar-refractivity contribution in [3.8, 4) is 0 Å². The Morgan fingerprint density at radius 2 is 1.00 bits per heavy atom. The molecule has 0 unspecified atom stereocenters. The first-order valence-electron chi connectivity index (χ1n) is 8.12. The van der Waals surface area contributed by atoms with Gasteiger partial charge in [-0.1, -0.05) is 97.8 Å². The second-order valence-corrected chi connectivity index (χ2v) is 5.60. The van der Waals surface area contributed by atoms with Crippen molar-refractivity contribution in [3.05, 3.63) is 5.92 Å². The average molecular weight is 239 g/mol. The normalized spacial score (nSPS) is 11.3. The molecule has 0 aliphatic heterocycles. The first kappa shape index (κ1) is 17.0. The van der Waals surface area contributed by atoms with Crippen LogP contribution in [0.5, 0.6) is 0 Å². The Bertz CT molecular complexity index is 128. The monoisotopic (exact) mass is 239 g/mol. The van der Waals surface area contributed by atoms with Crippen molar-refractivity contribution in [2.24, 2.45) is 0 Å². The van der Waals surface area contributed by atoms with Gasteiger partial charge in [0, 0.05) is 0 Å². The molecule has 0 aromatic heterocycles. The predicted molar refractivity (Wildman–Crippen MR) is 80.3 cm³/mol. The van der Waals surface area contributed by atoms with Gasteiger partial charge in [-0.3, -0.25) is 0 Å². The molecule has 17 heavy (non-hydrogen) atoms. The fraction of sp³-hybridized carbons (Fsp3) is 0.941. The molecule has 0 saturated heterocycles. The number of rotatable bonds is 13. The van der Waals surface area contributed by atoms with Crippen LogP contribution >= 0.6 is 0 Å². The molecule has 0 amide bonds. The van der Waals surface area contributed by atoms with Crippen molar-refractivity contribution >= 4 is 0 Å². The minimum atomic E-state index is 1.28. The van der Waals surface area contributed by atoms with Crippen LogP contribution in [0.3, 0.4) is 0 Å². The Hall–Kier alpha value is 0. The van der Waals surface area contributed by atoms with Gasteiger partial charge in [-0.15, -0.1) is 0 Å². The molecule has 0 aliphatic rings. The van der Waals surface area contributed by atoms with Gasteiger partial charge in [0.2, 0.25) is 0 Å². The van der Waals surface area contributed by atoms with Crippen LogP contribution in [-0.2, 0) is 0 Å². The smallest absolute Gasteiger partial charge is 0.0275 e. The van der Waals surface area contributed by atoms with Crippen molar-refractivity contribution in [1.82, 2.24) is 0 Å². The molecule has 0 nitrogen and oxygen atoms in total. The lowest BCUT2D eigenvalue weighted by molar-refractivity contribution is 0.543. The minimum absolute atomic E-state index is 1.28. The topological polar surface area (TPSA) is 0 Å². The van der Waals surface area contributed by atoms with Crippen LogP contribution in [0.25, 0.3) is 0 Å². The van der Waals surface area contributed by atoms with Crippen molar-refractivity contribution in [3.63, 3.8) is 0 Å². The standard InChI is InChI=1S/C17H35/c1-4-6-7-8-9-10-11-12-13-14-15-16-17(3)5-2/h4-16H2,1-3H3. The van der Waals surface area contributed by atoms with Crippen LogP contribution in [0, 0.1) is 5.92 Å². The Kier molecular flexibility index (Phi) is 14.1. The highest BCUT2D eigenvalue weighted by molar-refractivity contribution is 4.80. The maximum Gasteiger partial charge on any atom is -0.0275 e. The van der Waals surface area contributed by atoms with Gasteiger partial charge in [0.15, 0.2) is 0 Å².